The Hall–Kier alpha value is -4.01. The number of rotatable bonds is 8. The zero-order chi connectivity index (χ0) is 30.8. The minimum atomic E-state index is -4.02. The highest BCUT2D eigenvalue weighted by molar-refractivity contribution is 7.89. The van der Waals surface area contributed by atoms with Gasteiger partial charge in [-0.2, -0.15) is 4.31 Å². The van der Waals surface area contributed by atoms with Gasteiger partial charge in [0.15, 0.2) is 11.5 Å². The van der Waals surface area contributed by atoms with Crippen molar-refractivity contribution in [2.24, 2.45) is 5.92 Å². The summed E-state index contributed by atoms with van der Waals surface area (Å²) >= 11 is 0. The number of aromatic nitrogens is 1. The standard InChI is InChI=1S/C28H34FN5O7S/c1-16-13-34(17(2)15-35)27(36)22-7-6-8-23(30-28(37)31-25-18(3)32-41-19(25)4)26(22)40-24(16)14-33(5)42(38,39)21-11-9-20(29)10-12-21/h6-12,16-17,24,35H,13-15H2,1-5H3,(H2,30,31,37)/t16-,17+,24+/m0/s1. The number of sulfonamides is 1. The lowest BCUT2D eigenvalue weighted by atomic mass is 9.99. The number of anilines is 2. The molecule has 12 nitrogen and oxygen atoms in total. The number of nitrogens with one attached hydrogen (secondary N) is 2. The number of benzene rings is 2. The molecular weight excluding hydrogens is 569 g/mol. The van der Waals surface area contributed by atoms with Crippen molar-refractivity contribution in [2.45, 2.75) is 44.7 Å². The monoisotopic (exact) mass is 603 g/mol. The van der Waals surface area contributed by atoms with Crippen LogP contribution in [0.5, 0.6) is 5.75 Å². The van der Waals surface area contributed by atoms with Crippen molar-refractivity contribution in [3.8, 4) is 5.75 Å². The van der Waals surface area contributed by atoms with Crippen LogP contribution in [0, 0.1) is 25.6 Å². The number of halogens is 1. The Morgan fingerprint density at radius 2 is 1.90 bits per heavy atom. The Morgan fingerprint density at radius 3 is 2.52 bits per heavy atom. The van der Waals surface area contributed by atoms with Gasteiger partial charge >= 0.3 is 6.03 Å². The van der Waals surface area contributed by atoms with Crippen LogP contribution in [0.25, 0.3) is 0 Å². The highest BCUT2D eigenvalue weighted by atomic mass is 32.2. The molecule has 0 unspecified atom stereocenters. The Kier molecular flexibility index (Phi) is 9.18. The van der Waals surface area contributed by atoms with E-state index >= 15 is 0 Å². The van der Waals surface area contributed by atoms with E-state index < -0.39 is 45.8 Å². The van der Waals surface area contributed by atoms with Crippen LogP contribution in [0.15, 0.2) is 51.9 Å². The Balaban J connectivity index is 1.70. The molecule has 3 N–H and O–H groups in total. The van der Waals surface area contributed by atoms with Crippen LogP contribution in [-0.4, -0.2) is 78.7 Å². The molecule has 4 rings (SSSR count). The number of likely N-dealkylation sites (N-methyl/N-ethyl adjacent to an activating group) is 1. The second kappa shape index (κ2) is 12.5. The van der Waals surface area contributed by atoms with E-state index in [9.17, 15) is 27.5 Å². The lowest BCUT2D eigenvalue weighted by molar-refractivity contribution is 0.0389. The smallest absolute Gasteiger partial charge is 0.323 e. The summed E-state index contributed by atoms with van der Waals surface area (Å²) in [6, 6.07) is 7.99. The third kappa shape index (κ3) is 6.40. The fourth-order valence-electron chi connectivity index (χ4n) is 4.63. The fraction of sp³-hybridized carbons (Fsp3) is 0.393. The van der Waals surface area contributed by atoms with Crippen LogP contribution >= 0.6 is 0 Å². The van der Waals surface area contributed by atoms with Gasteiger partial charge in [0.2, 0.25) is 10.0 Å². The first-order valence-electron chi connectivity index (χ1n) is 13.3. The summed E-state index contributed by atoms with van der Waals surface area (Å²) in [4.78, 5) is 28.1. The SMILES string of the molecule is Cc1noc(C)c1NC(=O)Nc1cccc2c1O[C@H](CN(C)S(=O)(=O)c1ccc(F)cc1)[C@@H](C)CN([C@H](C)CO)C2=O. The molecule has 0 saturated carbocycles. The molecular formula is C28H34FN5O7S. The summed E-state index contributed by atoms with van der Waals surface area (Å²) < 4.78 is 52.6. The average molecular weight is 604 g/mol. The number of aryl methyl sites for hydroxylation is 2. The van der Waals surface area contributed by atoms with Gasteiger partial charge in [0.1, 0.15) is 23.3 Å². The van der Waals surface area contributed by atoms with E-state index in [0.29, 0.717) is 17.1 Å². The molecule has 1 aromatic heterocycles. The molecule has 226 valence electrons. The van der Waals surface area contributed by atoms with Crippen LogP contribution in [0.4, 0.5) is 20.6 Å². The van der Waals surface area contributed by atoms with Crippen LogP contribution in [0.2, 0.25) is 0 Å². The van der Waals surface area contributed by atoms with E-state index in [1.165, 1.54) is 30.1 Å². The number of urea groups is 1. The summed E-state index contributed by atoms with van der Waals surface area (Å²) in [5, 5.41) is 19.1. The lowest BCUT2D eigenvalue weighted by Gasteiger charge is -2.38. The van der Waals surface area contributed by atoms with E-state index in [2.05, 4.69) is 15.8 Å². The predicted octanol–water partition coefficient (Wildman–Crippen LogP) is 3.62. The van der Waals surface area contributed by atoms with Crippen molar-refractivity contribution < 1.29 is 36.8 Å². The van der Waals surface area contributed by atoms with Gasteiger partial charge in [0.25, 0.3) is 5.91 Å². The van der Waals surface area contributed by atoms with Crippen molar-refractivity contribution in [3.63, 3.8) is 0 Å². The Morgan fingerprint density at radius 1 is 1.21 bits per heavy atom. The van der Waals surface area contributed by atoms with Gasteiger partial charge in [0, 0.05) is 19.5 Å². The molecule has 3 aromatic rings. The molecule has 0 spiro atoms. The second-order valence-corrected chi connectivity index (χ2v) is 12.4. The second-order valence-electron chi connectivity index (χ2n) is 10.3. The normalized spacial score (nSPS) is 18.1. The summed E-state index contributed by atoms with van der Waals surface area (Å²) in [7, 11) is -2.63. The topological polar surface area (TPSA) is 154 Å². The van der Waals surface area contributed by atoms with Crippen molar-refractivity contribution >= 4 is 33.3 Å². The van der Waals surface area contributed by atoms with Crippen LogP contribution in [0.1, 0.15) is 35.7 Å². The molecule has 1 aliphatic rings. The number of fused-ring (bicyclic) bond motifs is 1. The maximum Gasteiger partial charge on any atom is 0.323 e. The summed E-state index contributed by atoms with van der Waals surface area (Å²) in [5.74, 6) is -0.933. The minimum Gasteiger partial charge on any atom is -0.486 e. The maximum atomic E-state index is 13.7. The first kappa shape index (κ1) is 30.9. The van der Waals surface area contributed by atoms with Crippen molar-refractivity contribution in [1.82, 2.24) is 14.4 Å². The van der Waals surface area contributed by atoms with E-state index in [-0.39, 0.29) is 41.6 Å². The lowest BCUT2D eigenvalue weighted by Crippen LogP contribution is -2.50. The van der Waals surface area contributed by atoms with Crippen molar-refractivity contribution in [1.29, 1.82) is 0 Å². The van der Waals surface area contributed by atoms with E-state index in [0.717, 1.165) is 16.4 Å². The van der Waals surface area contributed by atoms with Gasteiger partial charge in [-0.3, -0.25) is 4.79 Å². The third-order valence-corrected chi connectivity index (χ3v) is 9.01. The van der Waals surface area contributed by atoms with Gasteiger partial charge in [-0.05, 0) is 57.2 Å². The number of ether oxygens (including phenoxy) is 1. The van der Waals surface area contributed by atoms with Crippen LogP contribution < -0.4 is 15.4 Å². The van der Waals surface area contributed by atoms with Crippen LogP contribution in [-0.2, 0) is 10.0 Å². The highest BCUT2D eigenvalue weighted by Gasteiger charge is 2.36. The number of aliphatic hydroxyl groups is 1. The quantitative estimate of drug-likeness (QED) is 0.353. The molecule has 3 amide bonds. The first-order chi connectivity index (χ1) is 19.8. The van der Waals surface area contributed by atoms with Crippen LogP contribution in [0.3, 0.4) is 0 Å². The molecule has 42 heavy (non-hydrogen) atoms. The molecule has 0 fully saturated rings. The fourth-order valence-corrected chi connectivity index (χ4v) is 5.81. The molecule has 14 heteroatoms. The van der Waals surface area contributed by atoms with Gasteiger partial charge in [0.05, 0.1) is 35.3 Å². The predicted molar refractivity (Wildman–Crippen MR) is 152 cm³/mol. The Labute approximate surface area is 243 Å². The van der Waals surface area contributed by atoms with Gasteiger partial charge in [-0.1, -0.05) is 18.1 Å². The summed E-state index contributed by atoms with van der Waals surface area (Å²) in [6.07, 6.45) is -0.793. The largest absolute Gasteiger partial charge is 0.486 e. The number of para-hydroxylation sites is 1. The number of carbonyl (C=O) groups is 2. The van der Waals surface area contributed by atoms with Crippen molar-refractivity contribution in [3.05, 3.63) is 65.3 Å². The zero-order valence-corrected chi connectivity index (χ0v) is 24.7. The zero-order valence-electron chi connectivity index (χ0n) is 23.9. The molecule has 2 aromatic carbocycles. The molecule has 2 heterocycles. The molecule has 0 aliphatic carbocycles. The van der Waals surface area contributed by atoms with Gasteiger partial charge in [-0.25, -0.2) is 17.6 Å². The van der Waals surface area contributed by atoms with Gasteiger partial charge in [-0.15, -0.1) is 0 Å². The molecule has 0 radical (unpaired) electrons. The minimum absolute atomic E-state index is 0.0516. The first-order valence-corrected chi connectivity index (χ1v) is 14.7. The number of carbonyl (C=O) groups excluding carboxylic acids is 2. The average Bonchev–Trinajstić information content (AvgIpc) is 3.26. The molecule has 0 saturated heterocycles. The number of nitrogens with zero attached hydrogens (tertiary/aromatic N) is 3. The number of hydrogen-bond donors (Lipinski definition) is 3. The van der Waals surface area contributed by atoms with E-state index in [1.54, 1.807) is 39.8 Å². The Bertz CT molecular complexity index is 1540. The van der Waals surface area contributed by atoms with Gasteiger partial charge < -0.3 is 29.9 Å². The summed E-state index contributed by atoms with van der Waals surface area (Å²) in [5.41, 5.74) is 1.17. The number of hydrogen-bond acceptors (Lipinski definition) is 8. The van der Waals surface area contributed by atoms with E-state index in [1.807, 2.05) is 0 Å². The van der Waals surface area contributed by atoms with Crippen molar-refractivity contribution in [2.75, 3.05) is 37.4 Å². The molecule has 3 atom stereocenters. The molecule has 1 aliphatic heterocycles. The van der Waals surface area contributed by atoms with E-state index in [4.69, 9.17) is 9.26 Å². The number of aliphatic hydroxyl groups excluding tert-OH is 1. The third-order valence-electron chi connectivity index (χ3n) is 7.17. The summed E-state index contributed by atoms with van der Waals surface area (Å²) in [6.45, 7) is 6.56. The maximum absolute atomic E-state index is 13.7. The highest BCUT2D eigenvalue weighted by Crippen LogP contribution is 2.35. The number of amides is 3. The molecule has 0 bridgehead atoms.